The average molecular weight is 485 g/mol. The van der Waals surface area contributed by atoms with Gasteiger partial charge in [0.05, 0.1) is 16.9 Å². The summed E-state index contributed by atoms with van der Waals surface area (Å²) in [5.41, 5.74) is 5.63. The van der Waals surface area contributed by atoms with E-state index in [-0.39, 0.29) is 82.6 Å². The SMILES string of the molecule is C[C@@](CCC(=O)[O-])(NC(=O)c1ccc(CCc2c[nH]c3nc(N)[nH]c(=O)c23)cc1)C(=O)[O-].[Na+].[Na+]. The normalized spacial score (nSPS) is 12.1. The third kappa shape index (κ3) is 7.17. The number of aryl methyl sites for hydroxylation is 2. The molecule has 0 aliphatic carbocycles. The van der Waals surface area contributed by atoms with Crippen LogP contribution in [0, 0.1) is 0 Å². The topological polar surface area (TPSA) is 197 Å². The van der Waals surface area contributed by atoms with E-state index in [4.69, 9.17) is 5.73 Å². The number of aliphatic carboxylic acids is 2. The van der Waals surface area contributed by atoms with Gasteiger partial charge in [-0.25, -0.2) is 0 Å². The van der Waals surface area contributed by atoms with E-state index in [0.717, 1.165) is 11.1 Å². The van der Waals surface area contributed by atoms with Gasteiger partial charge in [-0.05, 0) is 55.9 Å². The third-order valence-electron chi connectivity index (χ3n) is 5.21. The van der Waals surface area contributed by atoms with E-state index in [1.165, 1.54) is 19.1 Å². The number of nitrogen functional groups attached to an aromatic ring is 1. The minimum atomic E-state index is -1.85. The van der Waals surface area contributed by atoms with Crippen LogP contribution in [-0.2, 0) is 22.4 Å². The first-order valence-electron chi connectivity index (χ1n) is 9.77. The van der Waals surface area contributed by atoms with Crippen molar-refractivity contribution < 1.29 is 83.7 Å². The smallest absolute Gasteiger partial charge is 0.550 e. The molecular formula is C21H21N5Na2O6. The first-order valence-corrected chi connectivity index (χ1v) is 9.77. The fourth-order valence-corrected chi connectivity index (χ4v) is 3.31. The molecule has 1 amide bonds. The number of aromatic amines is 2. The Bertz CT molecular complexity index is 1240. The van der Waals surface area contributed by atoms with Crippen molar-refractivity contribution in [3.05, 3.63) is 57.5 Å². The summed E-state index contributed by atoms with van der Waals surface area (Å²) in [6, 6.07) is 6.48. The molecule has 11 nitrogen and oxygen atoms in total. The monoisotopic (exact) mass is 485 g/mol. The van der Waals surface area contributed by atoms with E-state index in [0.29, 0.717) is 23.9 Å². The quantitative estimate of drug-likeness (QED) is 0.214. The molecule has 0 bridgehead atoms. The Morgan fingerprint density at radius 2 is 1.76 bits per heavy atom. The van der Waals surface area contributed by atoms with Crippen molar-refractivity contribution in [2.45, 2.75) is 38.1 Å². The van der Waals surface area contributed by atoms with Crippen LogP contribution in [0.2, 0.25) is 0 Å². The van der Waals surface area contributed by atoms with Crippen molar-refractivity contribution in [3.8, 4) is 0 Å². The number of anilines is 1. The number of nitrogens with one attached hydrogen (secondary N) is 3. The molecule has 2 aromatic heterocycles. The van der Waals surface area contributed by atoms with Gasteiger partial charge < -0.3 is 35.8 Å². The van der Waals surface area contributed by atoms with Crippen LogP contribution in [-0.4, -0.2) is 38.3 Å². The molecule has 0 aliphatic heterocycles. The number of benzene rings is 1. The number of carbonyl (C=O) groups is 3. The second-order valence-electron chi connectivity index (χ2n) is 7.63. The average Bonchev–Trinajstić information content (AvgIpc) is 3.14. The summed E-state index contributed by atoms with van der Waals surface area (Å²) in [6.07, 6.45) is 1.89. The molecular weight excluding hydrogens is 464 g/mol. The number of H-pyrrole nitrogens is 2. The van der Waals surface area contributed by atoms with E-state index < -0.39 is 29.8 Å². The minimum absolute atomic E-state index is 0. The molecule has 3 rings (SSSR count). The zero-order valence-electron chi connectivity index (χ0n) is 19.2. The number of hydrogen-bond donors (Lipinski definition) is 4. The van der Waals surface area contributed by atoms with Crippen LogP contribution in [0.15, 0.2) is 35.3 Å². The number of carboxylic acid groups (broad SMARTS) is 2. The molecule has 13 heteroatoms. The van der Waals surface area contributed by atoms with Gasteiger partial charge in [-0.15, -0.1) is 0 Å². The van der Waals surface area contributed by atoms with E-state index >= 15 is 0 Å². The number of aromatic nitrogens is 3. The maximum absolute atomic E-state index is 12.5. The predicted octanol–water partition coefficient (Wildman–Crippen LogP) is -7.60. The summed E-state index contributed by atoms with van der Waals surface area (Å²) >= 11 is 0. The molecule has 34 heavy (non-hydrogen) atoms. The van der Waals surface area contributed by atoms with Crippen LogP contribution in [0.25, 0.3) is 11.0 Å². The Balaban J connectivity index is 0.00000289. The maximum Gasteiger partial charge on any atom is 1.00 e. The van der Waals surface area contributed by atoms with Crippen LogP contribution in [0.1, 0.15) is 41.3 Å². The number of nitrogens with zero attached hydrogens (tertiary/aromatic N) is 1. The number of amides is 1. The molecule has 0 unspecified atom stereocenters. The van der Waals surface area contributed by atoms with Crippen molar-refractivity contribution in [1.29, 1.82) is 0 Å². The molecule has 0 saturated carbocycles. The Morgan fingerprint density at radius 3 is 2.35 bits per heavy atom. The number of nitrogens with two attached hydrogens (primary N) is 1. The molecule has 0 saturated heterocycles. The van der Waals surface area contributed by atoms with E-state index in [9.17, 15) is 29.4 Å². The molecule has 0 spiro atoms. The van der Waals surface area contributed by atoms with Gasteiger partial charge in [0.25, 0.3) is 11.5 Å². The Labute approximate surface area is 238 Å². The zero-order chi connectivity index (χ0) is 23.5. The van der Waals surface area contributed by atoms with E-state index in [1.807, 2.05) is 0 Å². The van der Waals surface area contributed by atoms with Crippen LogP contribution in [0.5, 0.6) is 0 Å². The van der Waals surface area contributed by atoms with Crippen molar-refractivity contribution in [1.82, 2.24) is 20.3 Å². The summed E-state index contributed by atoms with van der Waals surface area (Å²) in [5.74, 6) is -3.66. The Morgan fingerprint density at radius 1 is 1.12 bits per heavy atom. The van der Waals surface area contributed by atoms with Gasteiger partial charge in [0.2, 0.25) is 5.95 Å². The summed E-state index contributed by atoms with van der Waals surface area (Å²) in [6.45, 7) is 1.18. The van der Waals surface area contributed by atoms with E-state index in [1.54, 1.807) is 18.3 Å². The van der Waals surface area contributed by atoms with Gasteiger partial charge in [0.15, 0.2) is 0 Å². The van der Waals surface area contributed by atoms with Crippen molar-refractivity contribution in [2.24, 2.45) is 0 Å². The van der Waals surface area contributed by atoms with Gasteiger partial charge in [-0.2, -0.15) is 4.98 Å². The predicted molar refractivity (Wildman–Crippen MR) is 110 cm³/mol. The maximum atomic E-state index is 12.5. The number of carbonyl (C=O) groups excluding carboxylic acids is 3. The molecule has 2 heterocycles. The van der Waals surface area contributed by atoms with Crippen LogP contribution in [0.4, 0.5) is 5.95 Å². The summed E-state index contributed by atoms with van der Waals surface area (Å²) in [4.78, 5) is 56.1. The number of carboxylic acids is 2. The largest absolute Gasteiger partial charge is 1.00 e. The van der Waals surface area contributed by atoms with Crippen molar-refractivity contribution in [3.63, 3.8) is 0 Å². The van der Waals surface area contributed by atoms with Gasteiger partial charge in [0, 0.05) is 17.7 Å². The van der Waals surface area contributed by atoms with Gasteiger partial charge >= 0.3 is 59.1 Å². The van der Waals surface area contributed by atoms with Crippen molar-refractivity contribution in [2.75, 3.05) is 5.73 Å². The standard InChI is InChI=1S/C21H23N5O6.2Na/c1-21(19(31)32,9-8-14(27)28)26-17(29)12-5-2-11(3-6-12)4-7-13-10-23-16-15(13)18(30)25-20(22)24-16;;/h2-3,5-6,10H,4,7-9H2,1H3,(H,26,29)(H,27,28)(H,31,32)(H4,22,23,24,25,30);;/q;2*+1/p-2/t21-;;/m0../s1. The summed E-state index contributed by atoms with van der Waals surface area (Å²) in [7, 11) is 0. The molecule has 168 valence electrons. The van der Waals surface area contributed by atoms with Gasteiger partial charge in [0.1, 0.15) is 5.65 Å². The summed E-state index contributed by atoms with van der Waals surface area (Å²) in [5, 5.41) is 24.8. The second kappa shape index (κ2) is 12.5. The van der Waals surface area contributed by atoms with Crippen molar-refractivity contribution >= 4 is 34.8 Å². The first kappa shape index (κ1) is 29.9. The van der Waals surface area contributed by atoms with Crippen LogP contribution < -0.4 is 85.9 Å². The molecule has 0 fully saturated rings. The minimum Gasteiger partial charge on any atom is -0.550 e. The summed E-state index contributed by atoms with van der Waals surface area (Å²) < 4.78 is 0. The number of fused-ring (bicyclic) bond motifs is 1. The molecule has 0 aliphatic rings. The molecule has 5 N–H and O–H groups in total. The first-order chi connectivity index (χ1) is 15.1. The number of hydrogen-bond acceptors (Lipinski definition) is 8. The Kier molecular flexibility index (Phi) is 11.0. The fourth-order valence-electron chi connectivity index (χ4n) is 3.31. The van der Waals surface area contributed by atoms with Crippen LogP contribution in [0.3, 0.4) is 0 Å². The van der Waals surface area contributed by atoms with Gasteiger partial charge in [-0.1, -0.05) is 12.1 Å². The molecule has 3 aromatic rings. The molecule has 1 aromatic carbocycles. The number of rotatable bonds is 9. The fraction of sp³-hybridized carbons (Fsp3) is 0.286. The van der Waals surface area contributed by atoms with Gasteiger partial charge in [-0.3, -0.25) is 14.6 Å². The molecule has 0 radical (unpaired) electrons. The van der Waals surface area contributed by atoms with E-state index in [2.05, 4.69) is 20.3 Å². The van der Waals surface area contributed by atoms with Crippen LogP contribution >= 0.6 is 0 Å². The third-order valence-corrected chi connectivity index (χ3v) is 5.21. The second-order valence-corrected chi connectivity index (χ2v) is 7.63. The Hall–Kier alpha value is -2.15. The zero-order valence-corrected chi connectivity index (χ0v) is 23.2. The molecule has 1 atom stereocenters.